The largest absolute Gasteiger partial charge is 0.325 e. The van der Waals surface area contributed by atoms with Crippen molar-refractivity contribution in [1.82, 2.24) is 15.1 Å². The highest BCUT2D eigenvalue weighted by Gasteiger charge is 2.48. The summed E-state index contributed by atoms with van der Waals surface area (Å²) in [4.78, 5) is 13.4. The normalized spacial score (nSPS) is 17.8. The summed E-state index contributed by atoms with van der Waals surface area (Å²) in [5.74, 6) is -1.55. The molecule has 1 atom stereocenters. The van der Waals surface area contributed by atoms with Crippen molar-refractivity contribution >= 4 is 21.6 Å². The molecule has 150 valence electrons. The van der Waals surface area contributed by atoms with Crippen LogP contribution < -0.4 is 5.32 Å². The Bertz CT molecular complexity index is 946. The van der Waals surface area contributed by atoms with Gasteiger partial charge in [-0.25, -0.2) is 22.0 Å². The molecule has 2 aromatic rings. The van der Waals surface area contributed by atoms with E-state index in [1.165, 1.54) is 29.4 Å². The van der Waals surface area contributed by atoms with Gasteiger partial charge in [0.2, 0.25) is 14.8 Å². The smallest absolute Gasteiger partial charge is 0.321 e. The first-order valence-corrected chi connectivity index (χ1v) is 10.2. The summed E-state index contributed by atoms with van der Waals surface area (Å²) in [6.45, 7) is 1.41. The molecule has 1 aliphatic heterocycles. The van der Waals surface area contributed by atoms with Gasteiger partial charge in [-0.2, -0.15) is 10.2 Å². The van der Waals surface area contributed by atoms with Crippen LogP contribution in [0.4, 0.5) is 19.3 Å². The highest BCUT2D eigenvalue weighted by Crippen LogP contribution is 2.39. The minimum atomic E-state index is -4.39. The molecule has 2 heterocycles. The lowest BCUT2D eigenvalue weighted by Gasteiger charge is -2.37. The molecule has 1 aromatic carbocycles. The third-order valence-electron chi connectivity index (χ3n) is 4.98. The number of amides is 2. The van der Waals surface area contributed by atoms with E-state index in [0.717, 1.165) is 19.1 Å². The van der Waals surface area contributed by atoms with Crippen molar-refractivity contribution in [2.45, 2.75) is 29.7 Å². The number of urea groups is 1. The second kappa shape index (κ2) is 7.78. The Morgan fingerprint density at radius 1 is 1.25 bits per heavy atom. The summed E-state index contributed by atoms with van der Waals surface area (Å²) in [5, 5.41) is 7.37. The van der Waals surface area contributed by atoms with Crippen molar-refractivity contribution in [3.05, 3.63) is 48.5 Å². The highest BCUT2D eigenvalue weighted by molar-refractivity contribution is 7.92. The van der Waals surface area contributed by atoms with Crippen LogP contribution >= 0.6 is 0 Å². The maximum Gasteiger partial charge on any atom is 0.321 e. The first kappa shape index (κ1) is 20.1. The van der Waals surface area contributed by atoms with Crippen LogP contribution in [0.3, 0.4) is 0 Å². The number of anilines is 1. The minimum Gasteiger partial charge on any atom is -0.325 e. The summed E-state index contributed by atoms with van der Waals surface area (Å²) in [7, 11) is -4.39. The number of alkyl halides is 1. The number of nitrogens with one attached hydrogen (secondary N) is 1. The molecule has 1 fully saturated rings. The van der Waals surface area contributed by atoms with E-state index in [4.69, 9.17) is 0 Å². The lowest BCUT2D eigenvalue weighted by atomic mass is 9.92. The topological polar surface area (TPSA) is 92.3 Å². The highest BCUT2D eigenvalue weighted by atomic mass is 32.2. The summed E-state index contributed by atoms with van der Waals surface area (Å²) < 4.78 is 54.2. The van der Waals surface area contributed by atoms with Gasteiger partial charge >= 0.3 is 6.03 Å². The van der Waals surface area contributed by atoms with Crippen LogP contribution in [-0.4, -0.2) is 47.6 Å². The van der Waals surface area contributed by atoms with Crippen LogP contribution in [0.5, 0.6) is 0 Å². The Balaban J connectivity index is 1.67. The molecule has 0 saturated carbocycles. The predicted molar refractivity (Wildman–Crippen MR) is 98.4 cm³/mol. The Hall–Kier alpha value is -2.62. The SMILES string of the molecule is C[C@@](F)(C1CCN(C(=O)Nc2ccnnc2)CC1)S(=O)(=O)c1cccc(F)c1. The molecule has 3 rings (SSSR count). The average molecular weight is 410 g/mol. The predicted octanol–water partition coefficient (Wildman–Crippen LogP) is 3.02. The summed E-state index contributed by atoms with van der Waals surface area (Å²) in [6, 6.07) is 5.55. The number of nitrogens with zero attached hydrogens (tertiary/aromatic N) is 3. The van der Waals surface area contributed by atoms with Crippen molar-refractivity contribution in [2.75, 3.05) is 18.4 Å². The van der Waals surface area contributed by atoms with Gasteiger partial charge in [0.1, 0.15) is 5.82 Å². The second-order valence-electron chi connectivity index (χ2n) is 6.77. The van der Waals surface area contributed by atoms with Crippen LogP contribution in [-0.2, 0) is 9.84 Å². The fourth-order valence-corrected chi connectivity index (χ4v) is 4.91. The van der Waals surface area contributed by atoms with E-state index in [2.05, 4.69) is 15.5 Å². The number of sulfone groups is 1. The molecule has 1 aromatic heterocycles. The van der Waals surface area contributed by atoms with Gasteiger partial charge in [0.15, 0.2) is 0 Å². The lowest BCUT2D eigenvalue weighted by Crippen LogP contribution is -2.48. The van der Waals surface area contributed by atoms with E-state index >= 15 is 4.39 Å². The first-order valence-electron chi connectivity index (χ1n) is 8.73. The molecule has 1 saturated heterocycles. The van der Waals surface area contributed by atoms with Crippen LogP contribution in [0.15, 0.2) is 47.6 Å². The Morgan fingerprint density at radius 3 is 2.57 bits per heavy atom. The fourth-order valence-electron chi connectivity index (χ4n) is 3.25. The van der Waals surface area contributed by atoms with Crippen molar-refractivity contribution in [1.29, 1.82) is 0 Å². The van der Waals surface area contributed by atoms with Crippen LogP contribution in [0.2, 0.25) is 0 Å². The third kappa shape index (κ3) is 3.96. The monoisotopic (exact) mass is 410 g/mol. The number of halogens is 2. The Morgan fingerprint density at radius 2 is 1.96 bits per heavy atom. The van der Waals surface area contributed by atoms with E-state index < -0.39 is 26.6 Å². The van der Waals surface area contributed by atoms with Crippen LogP contribution in [0.1, 0.15) is 19.8 Å². The zero-order valence-electron chi connectivity index (χ0n) is 15.2. The number of carbonyl (C=O) groups is 1. The van der Waals surface area contributed by atoms with Gasteiger partial charge < -0.3 is 10.2 Å². The number of likely N-dealkylation sites (tertiary alicyclic amines) is 1. The number of aromatic nitrogens is 2. The molecule has 0 radical (unpaired) electrons. The molecule has 0 unspecified atom stereocenters. The maximum absolute atomic E-state index is 15.4. The van der Waals surface area contributed by atoms with E-state index in [0.29, 0.717) is 5.69 Å². The number of benzene rings is 1. The van der Waals surface area contributed by atoms with Gasteiger partial charge in [-0.05, 0) is 44.0 Å². The summed E-state index contributed by atoms with van der Waals surface area (Å²) in [6.07, 6.45) is 3.18. The first-order chi connectivity index (χ1) is 13.2. The van der Waals surface area contributed by atoms with Crippen molar-refractivity contribution in [3.8, 4) is 0 Å². The molecule has 28 heavy (non-hydrogen) atoms. The molecular formula is C18H20F2N4O3S. The quantitative estimate of drug-likeness (QED) is 0.837. The van der Waals surface area contributed by atoms with Gasteiger partial charge in [0.05, 0.1) is 23.0 Å². The van der Waals surface area contributed by atoms with Gasteiger partial charge in [-0.1, -0.05) is 6.07 Å². The molecule has 0 spiro atoms. The van der Waals surface area contributed by atoms with Gasteiger partial charge in [-0.15, -0.1) is 0 Å². The van der Waals surface area contributed by atoms with Crippen molar-refractivity contribution in [3.63, 3.8) is 0 Å². The van der Waals surface area contributed by atoms with Gasteiger partial charge in [-0.3, -0.25) is 0 Å². The van der Waals surface area contributed by atoms with E-state index in [-0.39, 0.29) is 36.9 Å². The zero-order valence-corrected chi connectivity index (χ0v) is 16.0. The molecule has 10 heteroatoms. The van der Waals surface area contributed by atoms with E-state index in [1.807, 2.05) is 0 Å². The second-order valence-corrected chi connectivity index (χ2v) is 9.05. The fraction of sp³-hybridized carbons (Fsp3) is 0.389. The average Bonchev–Trinajstić information content (AvgIpc) is 2.68. The van der Waals surface area contributed by atoms with Crippen LogP contribution in [0, 0.1) is 11.7 Å². The van der Waals surface area contributed by atoms with Gasteiger partial charge in [0.25, 0.3) is 0 Å². The minimum absolute atomic E-state index is 0.170. The molecule has 1 aliphatic rings. The van der Waals surface area contributed by atoms with E-state index in [9.17, 15) is 17.6 Å². The standard InChI is InChI=1S/C18H20F2N4O3S/c1-18(20,28(26,27)16-4-2-3-14(19)11-16)13-6-9-24(10-7-13)17(25)23-15-5-8-21-22-12-15/h2-5,8,11-13H,6-7,9-10H2,1H3,(H,21,23,25)/t18-/m0/s1. The van der Waals surface area contributed by atoms with Gasteiger partial charge in [0, 0.05) is 19.0 Å². The number of piperidine rings is 1. The van der Waals surface area contributed by atoms with E-state index in [1.54, 1.807) is 6.07 Å². The number of carbonyl (C=O) groups excluding carboxylic acids is 1. The molecule has 0 aliphatic carbocycles. The maximum atomic E-state index is 15.4. The lowest BCUT2D eigenvalue weighted by molar-refractivity contribution is 0.117. The zero-order chi connectivity index (χ0) is 20.4. The number of hydrogen-bond acceptors (Lipinski definition) is 5. The molecule has 1 N–H and O–H groups in total. The Kier molecular flexibility index (Phi) is 5.59. The van der Waals surface area contributed by atoms with Crippen molar-refractivity contribution in [2.24, 2.45) is 5.92 Å². The molecule has 0 bridgehead atoms. The molecular weight excluding hydrogens is 390 g/mol. The number of rotatable bonds is 4. The molecule has 7 nitrogen and oxygen atoms in total. The summed E-state index contributed by atoms with van der Waals surface area (Å²) in [5.41, 5.74) is 0.478. The van der Waals surface area contributed by atoms with Crippen LogP contribution in [0.25, 0.3) is 0 Å². The third-order valence-corrected chi connectivity index (χ3v) is 7.24. The molecule has 2 amide bonds. The Labute approximate surface area is 161 Å². The number of hydrogen-bond donors (Lipinski definition) is 1. The van der Waals surface area contributed by atoms with Crippen molar-refractivity contribution < 1.29 is 22.0 Å². The summed E-state index contributed by atoms with van der Waals surface area (Å²) >= 11 is 0.